The maximum absolute atomic E-state index is 13.0. The second-order valence-electron chi connectivity index (χ2n) is 6.37. The van der Waals surface area contributed by atoms with Gasteiger partial charge in [-0.1, -0.05) is 0 Å². The molecule has 130 valence electrons. The molecule has 2 saturated heterocycles. The molecule has 9 heteroatoms. The van der Waals surface area contributed by atoms with Crippen LogP contribution in [0, 0.1) is 0 Å². The third kappa shape index (κ3) is 2.96. The normalized spacial score (nSPS) is 24.3. The van der Waals surface area contributed by atoms with Crippen LogP contribution in [0.25, 0.3) is 10.2 Å². The van der Waals surface area contributed by atoms with E-state index in [-0.39, 0.29) is 24.4 Å². The molecule has 0 bridgehead atoms. The lowest BCUT2D eigenvalue weighted by Gasteiger charge is -2.38. The number of halogens is 3. The van der Waals surface area contributed by atoms with Crippen molar-refractivity contribution in [2.45, 2.75) is 25.4 Å². The third-order valence-electron chi connectivity index (χ3n) is 4.39. The van der Waals surface area contributed by atoms with Crippen molar-refractivity contribution in [2.24, 2.45) is 0 Å². The number of hydrogen-bond acceptors (Lipinski definition) is 6. The highest BCUT2D eigenvalue weighted by molar-refractivity contribution is 7.18. The number of ether oxygens (including phenoxy) is 1. The SMILES string of the molecule is C[C@@H]1COCCN1c1nc(Cl)nc2c(CN3CC(F)(F)C3)csc12. The fourth-order valence-corrected chi connectivity index (χ4v) is 4.40. The van der Waals surface area contributed by atoms with E-state index in [1.165, 1.54) is 0 Å². The van der Waals surface area contributed by atoms with Crippen molar-refractivity contribution in [1.82, 2.24) is 14.9 Å². The summed E-state index contributed by atoms with van der Waals surface area (Å²) in [4.78, 5) is 12.7. The van der Waals surface area contributed by atoms with Gasteiger partial charge in [-0.2, -0.15) is 4.98 Å². The zero-order valence-electron chi connectivity index (χ0n) is 13.1. The molecule has 2 fully saturated rings. The molecule has 0 amide bonds. The van der Waals surface area contributed by atoms with Crippen LogP contribution >= 0.6 is 22.9 Å². The predicted molar refractivity (Wildman–Crippen MR) is 90.3 cm³/mol. The molecule has 2 aromatic rings. The summed E-state index contributed by atoms with van der Waals surface area (Å²) in [6, 6.07) is 0.201. The van der Waals surface area contributed by atoms with Crippen LogP contribution in [0.4, 0.5) is 14.6 Å². The molecule has 1 atom stereocenters. The first-order valence-corrected chi connectivity index (χ1v) is 9.07. The Labute approximate surface area is 147 Å². The molecule has 0 radical (unpaired) electrons. The van der Waals surface area contributed by atoms with Gasteiger partial charge in [0.15, 0.2) is 5.82 Å². The van der Waals surface area contributed by atoms with E-state index in [0.29, 0.717) is 19.8 Å². The topological polar surface area (TPSA) is 41.5 Å². The minimum absolute atomic E-state index is 0.185. The molecule has 0 N–H and O–H groups in total. The van der Waals surface area contributed by atoms with E-state index < -0.39 is 5.92 Å². The van der Waals surface area contributed by atoms with Crippen LogP contribution in [-0.2, 0) is 11.3 Å². The maximum Gasteiger partial charge on any atom is 0.272 e. The summed E-state index contributed by atoms with van der Waals surface area (Å²) in [5.74, 6) is -1.75. The van der Waals surface area contributed by atoms with Crippen LogP contribution in [-0.4, -0.2) is 59.7 Å². The highest BCUT2D eigenvalue weighted by Crippen LogP contribution is 2.36. The lowest BCUT2D eigenvalue weighted by molar-refractivity contribution is -0.133. The van der Waals surface area contributed by atoms with Crippen LogP contribution in [0.2, 0.25) is 5.28 Å². The summed E-state index contributed by atoms with van der Waals surface area (Å²) < 4.78 is 32.5. The number of thiophene rings is 1. The van der Waals surface area contributed by atoms with Crippen molar-refractivity contribution in [2.75, 3.05) is 37.7 Å². The standard InChI is InChI=1S/C15H17ClF2N4OS/c1-9-5-23-3-2-22(9)13-12-11(19-14(16)20-13)10(6-24-12)4-21-7-15(17,18)8-21/h6,9H,2-5,7-8H2,1H3/t9-/m1/s1. The van der Waals surface area contributed by atoms with Crippen molar-refractivity contribution in [1.29, 1.82) is 0 Å². The maximum atomic E-state index is 13.0. The molecule has 5 nitrogen and oxygen atoms in total. The number of morpholine rings is 1. The number of likely N-dealkylation sites (tertiary alicyclic amines) is 1. The molecular formula is C15H17ClF2N4OS. The quantitative estimate of drug-likeness (QED) is 0.772. The summed E-state index contributed by atoms with van der Waals surface area (Å²) in [7, 11) is 0. The molecule has 0 aromatic carbocycles. The van der Waals surface area contributed by atoms with Crippen LogP contribution in [0.1, 0.15) is 12.5 Å². The van der Waals surface area contributed by atoms with Gasteiger partial charge in [-0.15, -0.1) is 11.3 Å². The van der Waals surface area contributed by atoms with Gasteiger partial charge >= 0.3 is 0 Å². The summed E-state index contributed by atoms with van der Waals surface area (Å²) in [5, 5.41) is 2.16. The molecular weight excluding hydrogens is 358 g/mol. The Balaban J connectivity index is 1.66. The Hall–Kier alpha value is -1.09. The van der Waals surface area contributed by atoms with Crippen molar-refractivity contribution in [3.63, 3.8) is 0 Å². The fourth-order valence-electron chi connectivity index (χ4n) is 3.23. The van der Waals surface area contributed by atoms with Gasteiger partial charge in [0.1, 0.15) is 0 Å². The van der Waals surface area contributed by atoms with Crippen molar-refractivity contribution >= 4 is 39.0 Å². The first kappa shape index (κ1) is 16.4. The summed E-state index contributed by atoms with van der Waals surface area (Å²) >= 11 is 7.68. The first-order chi connectivity index (χ1) is 11.4. The molecule has 0 spiro atoms. The second kappa shape index (κ2) is 6.01. The number of fused-ring (bicyclic) bond motifs is 1. The van der Waals surface area contributed by atoms with Crippen LogP contribution in [0.15, 0.2) is 5.38 Å². The molecule has 4 heterocycles. The molecule has 0 unspecified atom stereocenters. The zero-order valence-corrected chi connectivity index (χ0v) is 14.7. The molecule has 4 rings (SSSR count). The molecule has 0 aliphatic carbocycles. The largest absolute Gasteiger partial charge is 0.377 e. The Morgan fingerprint density at radius 3 is 2.92 bits per heavy atom. The van der Waals surface area contributed by atoms with E-state index >= 15 is 0 Å². The van der Waals surface area contributed by atoms with E-state index in [2.05, 4.69) is 21.8 Å². The molecule has 24 heavy (non-hydrogen) atoms. The number of aromatic nitrogens is 2. The van der Waals surface area contributed by atoms with E-state index in [1.807, 2.05) is 5.38 Å². The third-order valence-corrected chi connectivity index (χ3v) is 5.57. The van der Waals surface area contributed by atoms with E-state index in [4.69, 9.17) is 16.3 Å². The Morgan fingerprint density at radius 2 is 2.21 bits per heavy atom. The number of nitrogens with zero attached hydrogens (tertiary/aromatic N) is 4. The number of rotatable bonds is 3. The average Bonchev–Trinajstić information content (AvgIpc) is 2.88. The van der Waals surface area contributed by atoms with Crippen LogP contribution < -0.4 is 4.90 Å². The van der Waals surface area contributed by atoms with Crippen LogP contribution in [0.3, 0.4) is 0 Å². The Kier molecular flexibility index (Phi) is 4.11. The van der Waals surface area contributed by atoms with Crippen molar-refractivity contribution < 1.29 is 13.5 Å². The van der Waals surface area contributed by atoms with E-state index in [0.717, 1.165) is 28.1 Å². The summed E-state index contributed by atoms with van der Waals surface area (Å²) in [5.41, 5.74) is 1.70. The predicted octanol–water partition coefficient (Wildman–Crippen LogP) is 3.02. The highest BCUT2D eigenvalue weighted by Gasteiger charge is 2.43. The zero-order chi connectivity index (χ0) is 16.9. The molecule has 2 aliphatic heterocycles. The van der Waals surface area contributed by atoms with Gasteiger partial charge < -0.3 is 9.64 Å². The van der Waals surface area contributed by atoms with Gasteiger partial charge in [0, 0.05) is 18.7 Å². The van der Waals surface area contributed by atoms with Gasteiger partial charge in [-0.25, -0.2) is 13.8 Å². The van der Waals surface area contributed by atoms with E-state index in [1.54, 1.807) is 16.2 Å². The van der Waals surface area contributed by atoms with Crippen molar-refractivity contribution in [3.05, 3.63) is 16.2 Å². The first-order valence-electron chi connectivity index (χ1n) is 7.81. The summed E-state index contributed by atoms with van der Waals surface area (Å²) in [6.45, 7) is 4.18. The Morgan fingerprint density at radius 1 is 1.42 bits per heavy atom. The Bertz CT molecular complexity index is 763. The lowest BCUT2D eigenvalue weighted by Crippen LogP contribution is -2.55. The minimum Gasteiger partial charge on any atom is -0.377 e. The van der Waals surface area contributed by atoms with Gasteiger partial charge in [0.05, 0.1) is 42.6 Å². The lowest BCUT2D eigenvalue weighted by atomic mass is 10.1. The smallest absolute Gasteiger partial charge is 0.272 e. The monoisotopic (exact) mass is 374 g/mol. The van der Waals surface area contributed by atoms with Gasteiger partial charge in [0.25, 0.3) is 5.92 Å². The second-order valence-corrected chi connectivity index (χ2v) is 7.59. The number of anilines is 1. The molecule has 2 aromatic heterocycles. The summed E-state index contributed by atoms with van der Waals surface area (Å²) in [6.07, 6.45) is 0. The molecule has 0 saturated carbocycles. The van der Waals surface area contributed by atoms with Gasteiger partial charge in [0.2, 0.25) is 5.28 Å². The minimum atomic E-state index is -2.56. The molecule has 2 aliphatic rings. The van der Waals surface area contributed by atoms with Crippen molar-refractivity contribution in [3.8, 4) is 0 Å². The number of hydrogen-bond donors (Lipinski definition) is 0. The number of alkyl halides is 2. The van der Waals surface area contributed by atoms with Gasteiger partial charge in [-0.05, 0) is 23.9 Å². The fraction of sp³-hybridized carbons (Fsp3) is 0.600. The van der Waals surface area contributed by atoms with E-state index in [9.17, 15) is 8.78 Å². The average molecular weight is 375 g/mol. The van der Waals surface area contributed by atoms with Gasteiger partial charge in [-0.3, -0.25) is 4.90 Å². The van der Waals surface area contributed by atoms with Crippen LogP contribution in [0.5, 0.6) is 0 Å². The highest BCUT2D eigenvalue weighted by atomic mass is 35.5.